The normalized spacial score (nSPS) is 12.1. The van der Waals surface area contributed by atoms with Crippen molar-refractivity contribution in [3.63, 3.8) is 0 Å². The molecule has 34 heavy (non-hydrogen) atoms. The third kappa shape index (κ3) is 9.54. The van der Waals surface area contributed by atoms with Gasteiger partial charge in [-0.05, 0) is 74.6 Å². The Morgan fingerprint density at radius 1 is 0.647 bits per heavy atom. The SMILES string of the molecule is CCCCC(=Nc1ccccc1CCCC=O)C(CCCC)=Nc1ccccc1CCCC=O. The fourth-order valence-corrected chi connectivity index (χ4v) is 3.92. The van der Waals surface area contributed by atoms with Gasteiger partial charge in [0.25, 0.3) is 0 Å². The highest BCUT2D eigenvalue weighted by molar-refractivity contribution is 6.43. The van der Waals surface area contributed by atoms with Crippen molar-refractivity contribution in [2.45, 2.75) is 90.9 Å². The number of carbonyl (C=O) groups excluding carboxylic acids is 2. The lowest BCUT2D eigenvalue weighted by molar-refractivity contribution is -0.108. The molecule has 2 aromatic rings. The van der Waals surface area contributed by atoms with Gasteiger partial charge in [-0.1, -0.05) is 63.1 Å². The number of unbranched alkanes of at least 4 members (excludes halogenated alkanes) is 4. The molecule has 182 valence electrons. The summed E-state index contributed by atoms with van der Waals surface area (Å²) in [5, 5.41) is 0. The largest absolute Gasteiger partial charge is 0.303 e. The maximum Gasteiger partial charge on any atom is 0.120 e. The summed E-state index contributed by atoms with van der Waals surface area (Å²) in [7, 11) is 0. The summed E-state index contributed by atoms with van der Waals surface area (Å²) in [6.07, 6.45) is 12.6. The minimum Gasteiger partial charge on any atom is -0.303 e. The van der Waals surface area contributed by atoms with Crippen molar-refractivity contribution in [2.75, 3.05) is 0 Å². The van der Waals surface area contributed by atoms with E-state index in [9.17, 15) is 9.59 Å². The molecule has 2 aromatic carbocycles. The molecular formula is C30H40N2O2. The molecule has 0 aliphatic carbocycles. The van der Waals surface area contributed by atoms with Crippen LogP contribution in [-0.4, -0.2) is 24.0 Å². The van der Waals surface area contributed by atoms with Gasteiger partial charge in [-0.3, -0.25) is 9.98 Å². The lowest BCUT2D eigenvalue weighted by Crippen LogP contribution is -2.14. The third-order valence-electron chi connectivity index (χ3n) is 5.90. The summed E-state index contributed by atoms with van der Waals surface area (Å²) < 4.78 is 0. The molecule has 0 unspecified atom stereocenters. The van der Waals surface area contributed by atoms with E-state index in [0.717, 1.165) is 99.6 Å². The van der Waals surface area contributed by atoms with Crippen LogP contribution < -0.4 is 0 Å². The number of aryl methyl sites for hydroxylation is 2. The Kier molecular flexibility index (Phi) is 13.4. The van der Waals surface area contributed by atoms with Crippen LogP contribution in [0.25, 0.3) is 0 Å². The van der Waals surface area contributed by atoms with Crippen molar-refractivity contribution in [1.82, 2.24) is 0 Å². The van der Waals surface area contributed by atoms with Crippen LogP contribution in [0.1, 0.15) is 89.2 Å². The second-order valence-corrected chi connectivity index (χ2v) is 8.70. The molecule has 4 nitrogen and oxygen atoms in total. The van der Waals surface area contributed by atoms with E-state index >= 15 is 0 Å². The van der Waals surface area contributed by atoms with Crippen molar-refractivity contribution in [1.29, 1.82) is 0 Å². The van der Waals surface area contributed by atoms with E-state index in [1.807, 2.05) is 24.3 Å². The second kappa shape index (κ2) is 16.7. The van der Waals surface area contributed by atoms with Crippen molar-refractivity contribution >= 4 is 35.4 Å². The van der Waals surface area contributed by atoms with E-state index in [1.54, 1.807) is 0 Å². The van der Waals surface area contributed by atoms with Crippen LogP contribution in [0.3, 0.4) is 0 Å². The summed E-state index contributed by atoms with van der Waals surface area (Å²) in [6.45, 7) is 4.41. The zero-order valence-corrected chi connectivity index (χ0v) is 21.0. The van der Waals surface area contributed by atoms with Crippen LogP contribution in [0.15, 0.2) is 58.5 Å². The topological polar surface area (TPSA) is 58.9 Å². The molecule has 0 saturated heterocycles. The lowest BCUT2D eigenvalue weighted by Gasteiger charge is -2.14. The number of hydrogen-bond donors (Lipinski definition) is 0. The van der Waals surface area contributed by atoms with Gasteiger partial charge in [-0.2, -0.15) is 0 Å². The number of carbonyl (C=O) groups is 2. The predicted octanol–water partition coefficient (Wildman–Crippen LogP) is 7.96. The van der Waals surface area contributed by atoms with E-state index in [0.29, 0.717) is 12.8 Å². The van der Waals surface area contributed by atoms with E-state index in [-0.39, 0.29) is 0 Å². The van der Waals surface area contributed by atoms with E-state index in [4.69, 9.17) is 9.98 Å². The summed E-state index contributed by atoms with van der Waals surface area (Å²) in [5.74, 6) is 0. The Labute approximate surface area is 205 Å². The molecule has 0 N–H and O–H groups in total. The highest BCUT2D eigenvalue weighted by atomic mass is 16.1. The van der Waals surface area contributed by atoms with Crippen LogP contribution in [0.2, 0.25) is 0 Å². The van der Waals surface area contributed by atoms with Gasteiger partial charge in [0.2, 0.25) is 0 Å². The van der Waals surface area contributed by atoms with Gasteiger partial charge in [-0.25, -0.2) is 0 Å². The van der Waals surface area contributed by atoms with Gasteiger partial charge >= 0.3 is 0 Å². The fourth-order valence-electron chi connectivity index (χ4n) is 3.92. The summed E-state index contributed by atoms with van der Waals surface area (Å²) >= 11 is 0. The molecule has 0 aromatic heterocycles. The summed E-state index contributed by atoms with van der Waals surface area (Å²) in [5.41, 5.74) is 6.48. The maximum atomic E-state index is 10.8. The van der Waals surface area contributed by atoms with Gasteiger partial charge < -0.3 is 9.59 Å². The molecule has 0 saturated carbocycles. The highest BCUT2D eigenvalue weighted by Gasteiger charge is 2.13. The summed E-state index contributed by atoms with van der Waals surface area (Å²) in [6, 6.07) is 16.5. The van der Waals surface area contributed by atoms with Crippen LogP contribution in [0.5, 0.6) is 0 Å². The number of benzene rings is 2. The molecule has 0 amide bonds. The molecule has 0 bridgehead atoms. The molecule has 0 aliphatic rings. The Balaban J connectivity index is 2.48. The van der Waals surface area contributed by atoms with Crippen molar-refractivity contribution < 1.29 is 9.59 Å². The molecule has 0 radical (unpaired) electrons. The average Bonchev–Trinajstić information content (AvgIpc) is 2.86. The minimum absolute atomic E-state index is 0.574. The third-order valence-corrected chi connectivity index (χ3v) is 5.90. The standard InChI is InChI=1S/C30H40N2O2/c1-3-5-19-29(31-27-21-9-7-15-25(27)17-11-13-23-33)30(20-6-4-2)32-28-22-10-8-16-26(28)18-12-14-24-34/h7-10,15-16,21-24H,3-6,11-14,17-20H2,1-2H3. The summed E-state index contributed by atoms with van der Waals surface area (Å²) in [4.78, 5) is 31.9. The minimum atomic E-state index is 0.574. The Morgan fingerprint density at radius 3 is 1.44 bits per heavy atom. The van der Waals surface area contributed by atoms with Crippen molar-refractivity contribution in [2.24, 2.45) is 9.98 Å². The molecule has 0 heterocycles. The van der Waals surface area contributed by atoms with Crippen LogP contribution in [0, 0.1) is 0 Å². The fraction of sp³-hybridized carbons (Fsp3) is 0.467. The van der Waals surface area contributed by atoms with Gasteiger partial charge in [0.05, 0.1) is 22.8 Å². The lowest BCUT2D eigenvalue weighted by atomic mass is 10.0. The molecule has 0 fully saturated rings. The average molecular weight is 461 g/mol. The van der Waals surface area contributed by atoms with Crippen LogP contribution in [-0.2, 0) is 22.4 Å². The first-order valence-electron chi connectivity index (χ1n) is 12.9. The predicted molar refractivity (Wildman–Crippen MR) is 144 cm³/mol. The Hall–Kier alpha value is -2.88. The zero-order chi connectivity index (χ0) is 24.4. The van der Waals surface area contributed by atoms with E-state index < -0.39 is 0 Å². The molecule has 4 heteroatoms. The highest BCUT2D eigenvalue weighted by Crippen LogP contribution is 2.25. The van der Waals surface area contributed by atoms with Crippen LogP contribution in [0.4, 0.5) is 11.4 Å². The van der Waals surface area contributed by atoms with Crippen molar-refractivity contribution in [3.8, 4) is 0 Å². The molecule has 0 aliphatic heterocycles. The number of aliphatic imine (C=N–C) groups is 2. The first-order chi connectivity index (χ1) is 16.7. The number of aldehydes is 2. The number of nitrogens with zero attached hydrogens (tertiary/aromatic N) is 2. The monoisotopic (exact) mass is 460 g/mol. The quantitative estimate of drug-likeness (QED) is 0.137. The Morgan fingerprint density at radius 2 is 1.06 bits per heavy atom. The Bertz CT molecular complexity index is 869. The number of hydrogen-bond acceptors (Lipinski definition) is 4. The van der Waals surface area contributed by atoms with Crippen LogP contribution >= 0.6 is 0 Å². The first kappa shape index (κ1) is 27.4. The smallest absolute Gasteiger partial charge is 0.120 e. The van der Waals surface area contributed by atoms with Crippen molar-refractivity contribution in [3.05, 3.63) is 59.7 Å². The number of rotatable bonds is 17. The first-order valence-corrected chi connectivity index (χ1v) is 12.9. The zero-order valence-electron chi connectivity index (χ0n) is 21.0. The maximum absolute atomic E-state index is 10.8. The molecule has 2 rings (SSSR count). The molecular weight excluding hydrogens is 420 g/mol. The van der Waals surface area contributed by atoms with E-state index in [1.165, 1.54) is 11.1 Å². The van der Waals surface area contributed by atoms with Gasteiger partial charge in [-0.15, -0.1) is 0 Å². The van der Waals surface area contributed by atoms with Gasteiger partial charge in [0.15, 0.2) is 0 Å². The molecule has 0 spiro atoms. The van der Waals surface area contributed by atoms with E-state index in [2.05, 4.69) is 38.1 Å². The van der Waals surface area contributed by atoms with Gasteiger partial charge in [0.1, 0.15) is 12.6 Å². The molecule has 0 atom stereocenters. The second-order valence-electron chi connectivity index (χ2n) is 8.70. The number of para-hydroxylation sites is 2. The van der Waals surface area contributed by atoms with Gasteiger partial charge in [0, 0.05) is 12.8 Å².